The SMILES string of the molecule is CN(C)c1ccc([C@H]2C[C@@]3(C)[C@@H](CC[C@@]3(O)c3ccc(N(C)C)cc3)[C@@H]3CCC4=CC(=O)CCC4=C32)cc1. The van der Waals surface area contributed by atoms with Crippen LogP contribution >= 0.6 is 0 Å². The van der Waals surface area contributed by atoms with Gasteiger partial charge in [0.15, 0.2) is 5.78 Å². The lowest BCUT2D eigenvalue weighted by Gasteiger charge is -2.55. The highest BCUT2D eigenvalue weighted by molar-refractivity contribution is 5.93. The first kappa shape index (κ1) is 25.4. The number of benzene rings is 2. The van der Waals surface area contributed by atoms with Gasteiger partial charge in [-0.2, -0.15) is 0 Å². The third-order valence-electron chi connectivity index (χ3n) is 10.6. The Labute approximate surface area is 228 Å². The van der Waals surface area contributed by atoms with Crippen LogP contribution in [0.5, 0.6) is 0 Å². The summed E-state index contributed by atoms with van der Waals surface area (Å²) >= 11 is 0. The Hall–Kier alpha value is -2.85. The number of carbonyl (C=O) groups is 1. The molecule has 0 aliphatic heterocycles. The lowest BCUT2D eigenvalue weighted by molar-refractivity contribution is -0.114. The highest BCUT2D eigenvalue weighted by atomic mass is 16.3. The van der Waals surface area contributed by atoms with Crippen LogP contribution < -0.4 is 9.80 Å². The summed E-state index contributed by atoms with van der Waals surface area (Å²) in [4.78, 5) is 16.6. The van der Waals surface area contributed by atoms with E-state index in [4.69, 9.17) is 0 Å². The predicted molar refractivity (Wildman–Crippen MR) is 156 cm³/mol. The van der Waals surface area contributed by atoms with Crippen molar-refractivity contribution in [3.63, 3.8) is 0 Å². The predicted octanol–water partition coefficient (Wildman–Crippen LogP) is 6.61. The maximum Gasteiger partial charge on any atom is 0.156 e. The van der Waals surface area contributed by atoms with Gasteiger partial charge in [0.05, 0.1) is 5.60 Å². The van der Waals surface area contributed by atoms with Crippen molar-refractivity contribution in [2.45, 2.75) is 63.4 Å². The summed E-state index contributed by atoms with van der Waals surface area (Å²) in [6.45, 7) is 2.38. The molecular formula is C34H42N2O2. The van der Waals surface area contributed by atoms with Crippen molar-refractivity contribution in [1.82, 2.24) is 0 Å². The van der Waals surface area contributed by atoms with Crippen molar-refractivity contribution in [2.24, 2.45) is 17.3 Å². The lowest BCUT2D eigenvalue weighted by atomic mass is 9.50. The van der Waals surface area contributed by atoms with Crippen LogP contribution in [-0.4, -0.2) is 39.1 Å². The number of allylic oxidation sites excluding steroid dienone is 4. The molecule has 1 N–H and O–H groups in total. The molecule has 2 aromatic rings. The van der Waals surface area contributed by atoms with Gasteiger partial charge in [-0.3, -0.25) is 4.79 Å². The second-order valence-electron chi connectivity index (χ2n) is 12.8. The number of aliphatic hydroxyl groups is 1. The molecular weight excluding hydrogens is 468 g/mol. The van der Waals surface area contributed by atoms with E-state index in [1.54, 1.807) is 5.57 Å². The average Bonchev–Trinajstić information content (AvgIpc) is 3.19. The molecule has 0 bridgehead atoms. The van der Waals surface area contributed by atoms with Gasteiger partial charge in [0.1, 0.15) is 0 Å². The Kier molecular flexibility index (Phi) is 6.10. The smallest absolute Gasteiger partial charge is 0.156 e. The van der Waals surface area contributed by atoms with Crippen molar-refractivity contribution >= 4 is 17.2 Å². The van der Waals surface area contributed by atoms with Gasteiger partial charge in [0.25, 0.3) is 0 Å². The van der Waals surface area contributed by atoms with Gasteiger partial charge >= 0.3 is 0 Å². The summed E-state index contributed by atoms with van der Waals surface area (Å²) in [6.07, 6.45) is 8.31. The topological polar surface area (TPSA) is 43.8 Å². The Morgan fingerprint density at radius 1 is 0.842 bits per heavy atom. The number of ketones is 1. The van der Waals surface area contributed by atoms with Crippen LogP contribution in [0.25, 0.3) is 0 Å². The van der Waals surface area contributed by atoms with Crippen LogP contribution in [0.4, 0.5) is 11.4 Å². The van der Waals surface area contributed by atoms with E-state index in [0.29, 0.717) is 18.3 Å². The average molecular weight is 511 g/mol. The Balaban J connectivity index is 1.48. The Morgan fingerprint density at radius 2 is 1.47 bits per heavy atom. The van der Waals surface area contributed by atoms with Crippen molar-refractivity contribution < 1.29 is 9.90 Å². The van der Waals surface area contributed by atoms with E-state index in [1.165, 1.54) is 22.4 Å². The number of anilines is 2. The molecule has 200 valence electrons. The summed E-state index contributed by atoms with van der Waals surface area (Å²) in [7, 11) is 8.28. The molecule has 38 heavy (non-hydrogen) atoms. The molecule has 0 spiro atoms. The van der Waals surface area contributed by atoms with Gasteiger partial charge in [-0.25, -0.2) is 0 Å². The third kappa shape index (κ3) is 3.78. The Bertz CT molecular complexity index is 1300. The molecule has 0 radical (unpaired) electrons. The van der Waals surface area contributed by atoms with E-state index in [2.05, 4.69) is 93.4 Å². The molecule has 0 unspecified atom stereocenters. The van der Waals surface area contributed by atoms with Gasteiger partial charge in [-0.1, -0.05) is 36.8 Å². The number of nitrogens with zero attached hydrogens (tertiary/aromatic N) is 2. The molecule has 4 aliphatic rings. The summed E-state index contributed by atoms with van der Waals surface area (Å²) in [6, 6.07) is 17.7. The molecule has 4 nitrogen and oxygen atoms in total. The first-order valence-electron chi connectivity index (χ1n) is 14.4. The fraction of sp³-hybridized carbons (Fsp3) is 0.500. The summed E-state index contributed by atoms with van der Waals surface area (Å²) < 4.78 is 0. The van der Waals surface area contributed by atoms with E-state index in [-0.39, 0.29) is 17.1 Å². The Morgan fingerprint density at radius 3 is 2.11 bits per heavy atom. The van der Waals surface area contributed by atoms with Crippen LogP contribution in [0.1, 0.15) is 68.9 Å². The third-order valence-corrected chi connectivity index (χ3v) is 10.6. The van der Waals surface area contributed by atoms with Crippen LogP contribution in [0.2, 0.25) is 0 Å². The second kappa shape index (κ2) is 9.12. The molecule has 0 aromatic heterocycles. The van der Waals surface area contributed by atoms with Gasteiger partial charge in [0.2, 0.25) is 0 Å². The quantitative estimate of drug-likeness (QED) is 0.503. The van der Waals surface area contributed by atoms with Gasteiger partial charge < -0.3 is 14.9 Å². The highest BCUT2D eigenvalue weighted by Crippen LogP contribution is 2.69. The fourth-order valence-corrected chi connectivity index (χ4v) is 8.48. The zero-order chi connectivity index (χ0) is 26.8. The van der Waals surface area contributed by atoms with Crippen molar-refractivity contribution in [2.75, 3.05) is 38.0 Å². The molecule has 0 heterocycles. The van der Waals surface area contributed by atoms with Crippen LogP contribution in [0.3, 0.4) is 0 Å². The van der Waals surface area contributed by atoms with E-state index >= 15 is 0 Å². The van der Waals surface area contributed by atoms with Crippen LogP contribution in [0.15, 0.2) is 71.3 Å². The largest absolute Gasteiger partial charge is 0.385 e. The molecule has 2 fully saturated rings. The van der Waals surface area contributed by atoms with Crippen LogP contribution in [-0.2, 0) is 10.4 Å². The minimum Gasteiger partial charge on any atom is -0.385 e. The first-order valence-corrected chi connectivity index (χ1v) is 14.4. The minimum atomic E-state index is -0.848. The lowest BCUT2D eigenvalue weighted by Crippen LogP contribution is -2.50. The summed E-state index contributed by atoms with van der Waals surface area (Å²) in [5.74, 6) is 1.45. The molecule has 0 saturated heterocycles. The maximum absolute atomic E-state index is 12.6. The molecule has 6 rings (SSSR count). The van der Waals surface area contributed by atoms with Crippen molar-refractivity contribution in [3.05, 3.63) is 82.5 Å². The minimum absolute atomic E-state index is 0.224. The van der Waals surface area contributed by atoms with Gasteiger partial charge in [-0.05, 0) is 103 Å². The highest BCUT2D eigenvalue weighted by Gasteiger charge is 2.63. The fourth-order valence-electron chi connectivity index (χ4n) is 8.48. The number of fused-ring (bicyclic) bond motifs is 4. The van der Waals surface area contributed by atoms with E-state index in [1.807, 2.05) is 6.08 Å². The maximum atomic E-state index is 12.6. The van der Waals surface area contributed by atoms with E-state index < -0.39 is 5.60 Å². The summed E-state index contributed by atoms with van der Waals surface area (Å²) in [5, 5.41) is 12.6. The zero-order valence-electron chi connectivity index (χ0n) is 23.6. The van der Waals surface area contributed by atoms with E-state index in [0.717, 1.165) is 49.8 Å². The van der Waals surface area contributed by atoms with Crippen molar-refractivity contribution in [1.29, 1.82) is 0 Å². The second-order valence-corrected chi connectivity index (χ2v) is 12.8. The summed E-state index contributed by atoms with van der Waals surface area (Å²) in [5.41, 5.74) is 8.04. The van der Waals surface area contributed by atoms with Crippen LogP contribution in [0, 0.1) is 17.3 Å². The monoisotopic (exact) mass is 510 g/mol. The number of hydrogen-bond donors (Lipinski definition) is 1. The van der Waals surface area contributed by atoms with Gasteiger partial charge in [0, 0.05) is 57.3 Å². The number of carbonyl (C=O) groups excluding carboxylic acids is 1. The molecule has 4 aliphatic carbocycles. The molecule has 2 aromatic carbocycles. The van der Waals surface area contributed by atoms with Gasteiger partial charge in [-0.15, -0.1) is 0 Å². The molecule has 2 saturated carbocycles. The number of hydrogen-bond acceptors (Lipinski definition) is 4. The molecule has 0 amide bonds. The molecule has 5 atom stereocenters. The number of rotatable bonds is 4. The molecule has 4 heteroatoms. The zero-order valence-corrected chi connectivity index (χ0v) is 23.6. The standard InChI is InChI=1S/C34H42N2O2/c1-33-21-30(22-6-11-25(12-7-22)35(2)3)32-28-17-15-27(37)20-23(28)8-16-29(32)31(33)18-19-34(33,38)24-9-13-26(14-10-24)36(4)5/h6-7,9-14,20,29-31,38H,8,15-19,21H2,1-5H3/t29-,30+,31-,33-,34+/m0/s1. The van der Waals surface area contributed by atoms with Crippen molar-refractivity contribution in [3.8, 4) is 0 Å². The van der Waals surface area contributed by atoms with E-state index in [9.17, 15) is 9.90 Å². The first-order chi connectivity index (χ1) is 18.1. The normalized spacial score (nSPS) is 32.3.